The maximum Gasteiger partial charge on any atom is 0.259 e. The molecule has 0 radical (unpaired) electrons. The molecular formula is C13H9FN4O2. The lowest BCUT2D eigenvalue weighted by molar-refractivity contribution is 0.102. The van der Waals surface area contributed by atoms with Crippen LogP contribution in [-0.4, -0.2) is 32.8 Å². The molecule has 6 nitrogen and oxygen atoms in total. The van der Waals surface area contributed by atoms with Gasteiger partial charge in [-0.15, -0.1) is 5.10 Å². The minimum Gasteiger partial charge on any atom is -0.384 e. The average molecular weight is 272 g/mol. The Morgan fingerprint density at radius 3 is 2.95 bits per heavy atom. The molecule has 1 aromatic heterocycles. The van der Waals surface area contributed by atoms with E-state index in [2.05, 4.69) is 32.3 Å². The molecule has 2 N–H and O–H groups in total. The van der Waals surface area contributed by atoms with E-state index in [1.807, 2.05) is 0 Å². The number of hydrogen-bond donors (Lipinski definition) is 2. The third-order valence-electron chi connectivity index (χ3n) is 2.24. The van der Waals surface area contributed by atoms with E-state index in [0.29, 0.717) is 5.56 Å². The number of amides is 1. The van der Waals surface area contributed by atoms with E-state index < -0.39 is 11.7 Å². The summed E-state index contributed by atoms with van der Waals surface area (Å²) in [6.07, 6.45) is 2.72. The zero-order valence-corrected chi connectivity index (χ0v) is 10.2. The van der Waals surface area contributed by atoms with Crippen LogP contribution in [0.5, 0.6) is 0 Å². The molecule has 0 aliphatic rings. The molecule has 0 aliphatic heterocycles. The van der Waals surface area contributed by atoms with E-state index >= 15 is 0 Å². The first kappa shape index (κ1) is 13.6. The van der Waals surface area contributed by atoms with Gasteiger partial charge in [-0.25, -0.2) is 9.37 Å². The predicted octanol–water partition coefficient (Wildman–Crippen LogP) is 0.607. The van der Waals surface area contributed by atoms with Crippen molar-refractivity contribution in [3.05, 3.63) is 47.5 Å². The minimum absolute atomic E-state index is 0.00262. The molecule has 0 spiro atoms. The molecule has 0 fully saturated rings. The summed E-state index contributed by atoms with van der Waals surface area (Å²) in [5, 5.41) is 18.2. The van der Waals surface area contributed by atoms with Crippen LogP contribution in [0.2, 0.25) is 0 Å². The highest BCUT2D eigenvalue weighted by Crippen LogP contribution is 2.12. The van der Waals surface area contributed by atoms with Crippen molar-refractivity contribution in [2.24, 2.45) is 0 Å². The Bertz CT molecular complexity index is 680. The number of benzene rings is 1. The van der Waals surface area contributed by atoms with Gasteiger partial charge < -0.3 is 5.11 Å². The number of hydrogen-bond acceptors (Lipinski definition) is 5. The number of halogens is 1. The van der Waals surface area contributed by atoms with Crippen molar-refractivity contribution < 1.29 is 14.3 Å². The zero-order valence-electron chi connectivity index (χ0n) is 10.2. The van der Waals surface area contributed by atoms with Crippen molar-refractivity contribution in [2.45, 2.75) is 0 Å². The third kappa shape index (κ3) is 3.34. The van der Waals surface area contributed by atoms with Gasteiger partial charge in [-0.2, -0.15) is 5.10 Å². The molecule has 0 saturated heterocycles. The van der Waals surface area contributed by atoms with Gasteiger partial charge in [0.1, 0.15) is 12.4 Å². The van der Waals surface area contributed by atoms with Crippen molar-refractivity contribution in [1.29, 1.82) is 0 Å². The summed E-state index contributed by atoms with van der Waals surface area (Å²) in [6.45, 7) is -0.357. The minimum atomic E-state index is -0.611. The number of aromatic nitrogens is 3. The summed E-state index contributed by atoms with van der Waals surface area (Å²) < 4.78 is 13.2. The molecule has 1 amide bonds. The van der Waals surface area contributed by atoms with Gasteiger partial charge in [0.15, 0.2) is 0 Å². The molecule has 1 heterocycles. The molecule has 100 valence electrons. The number of nitrogens with one attached hydrogen (secondary N) is 1. The highest BCUT2D eigenvalue weighted by Gasteiger charge is 2.13. The number of aliphatic hydroxyl groups is 1. The Morgan fingerprint density at radius 1 is 1.40 bits per heavy atom. The van der Waals surface area contributed by atoms with Crippen LogP contribution in [-0.2, 0) is 0 Å². The van der Waals surface area contributed by atoms with Crippen LogP contribution in [0.3, 0.4) is 0 Å². The molecule has 0 saturated carbocycles. The van der Waals surface area contributed by atoms with Crippen LogP contribution >= 0.6 is 0 Å². The van der Waals surface area contributed by atoms with Gasteiger partial charge in [0.05, 0.1) is 18.0 Å². The van der Waals surface area contributed by atoms with E-state index in [-0.39, 0.29) is 18.1 Å². The second-order valence-electron chi connectivity index (χ2n) is 3.57. The summed E-state index contributed by atoms with van der Waals surface area (Å²) in [5.74, 6) is 3.79. The molecular weight excluding hydrogens is 263 g/mol. The second kappa shape index (κ2) is 6.36. The first-order valence-electron chi connectivity index (χ1n) is 5.55. The largest absolute Gasteiger partial charge is 0.384 e. The van der Waals surface area contributed by atoms with Crippen LogP contribution in [0.15, 0.2) is 30.6 Å². The van der Waals surface area contributed by atoms with E-state index in [0.717, 1.165) is 6.07 Å². The summed E-state index contributed by atoms with van der Waals surface area (Å²) in [6, 6.07) is 3.59. The fraction of sp³-hybridized carbons (Fsp3) is 0.0769. The topological polar surface area (TPSA) is 88.0 Å². The fourth-order valence-corrected chi connectivity index (χ4v) is 1.42. The van der Waals surface area contributed by atoms with Crippen LogP contribution in [0.1, 0.15) is 15.9 Å². The molecule has 0 atom stereocenters. The van der Waals surface area contributed by atoms with Crippen LogP contribution in [0, 0.1) is 17.7 Å². The molecule has 20 heavy (non-hydrogen) atoms. The van der Waals surface area contributed by atoms with Crippen molar-refractivity contribution in [2.75, 3.05) is 11.9 Å². The number of carbonyl (C=O) groups is 1. The quantitative estimate of drug-likeness (QED) is 0.782. The monoisotopic (exact) mass is 272 g/mol. The number of nitrogens with zero attached hydrogens (tertiary/aromatic N) is 3. The zero-order chi connectivity index (χ0) is 14.4. The van der Waals surface area contributed by atoms with Gasteiger partial charge in [0.25, 0.3) is 5.91 Å². The first-order chi connectivity index (χ1) is 9.70. The van der Waals surface area contributed by atoms with Crippen molar-refractivity contribution in [3.8, 4) is 11.8 Å². The summed E-state index contributed by atoms with van der Waals surface area (Å²) in [7, 11) is 0. The van der Waals surface area contributed by atoms with Gasteiger partial charge in [0, 0.05) is 5.56 Å². The maximum absolute atomic E-state index is 13.2. The average Bonchev–Trinajstić information content (AvgIpc) is 2.47. The normalized spacial score (nSPS) is 9.50. The number of aliphatic hydroxyl groups excluding tert-OH is 1. The lowest BCUT2D eigenvalue weighted by atomic mass is 10.1. The fourth-order valence-electron chi connectivity index (χ4n) is 1.42. The number of rotatable bonds is 2. The third-order valence-corrected chi connectivity index (χ3v) is 2.24. The van der Waals surface area contributed by atoms with Crippen molar-refractivity contribution >= 4 is 11.9 Å². The molecule has 2 rings (SSSR count). The van der Waals surface area contributed by atoms with Gasteiger partial charge in [-0.3, -0.25) is 10.1 Å². The maximum atomic E-state index is 13.2. The highest BCUT2D eigenvalue weighted by atomic mass is 19.1. The lowest BCUT2D eigenvalue weighted by Crippen LogP contribution is -2.16. The molecule has 1 aromatic carbocycles. The molecule has 0 bridgehead atoms. The van der Waals surface area contributed by atoms with Gasteiger partial charge in [-0.1, -0.05) is 11.8 Å². The molecule has 2 aromatic rings. The molecule has 7 heteroatoms. The van der Waals surface area contributed by atoms with Crippen LogP contribution in [0.25, 0.3) is 0 Å². The standard InChI is InChI=1S/C13H9FN4O2/c14-10-4-3-9(2-1-7-19)11(8-10)12(20)17-13-15-5-6-16-18-13/h3-6,8,19H,7H2,(H,15,17,18,20). The van der Waals surface area contributed by atoms with E-state index in [1.54, 1.807) is 0 Å². The summed E-state index contributed by atoms with van der Waals surface area (Å²) >= 11 is 0. The van der Waals surface area contributed by atoms with Gasteiger partial charge >= 0.3 is 0 Å². The van der Waals surface area contributed by atoms with Gasteiger partial charge in [0.2, 0.25) is 5.95 Å². The smallest absolute Gasteiger partial charge is 0.259 e. The Labute approximate surface area is 113 Å². The van der Waals surface area contributed by atoms with E-state index in [4.69, 9.17) is 5.11 Å². The molecule has 0 aliphatic carbocycles. The summed E-state index contributed by atoms with van der Waals surface area (Å²) in [4.78, 5) is 15.8. The Hall–Kier alpha value is -2.85. The van der Waals surface area contributed by atoms with E-state index in [9.17, 15) is 9.18 Å². The Balaban J connectivity index is 2.31. The molecule has 0 unspecified atom stereocenters. The highest BCUT2D eigenvalue weighted by molar-refractivity contribution is 6.05. The van der Waals surface area contributed by atoms with Crippen LogP contribution in [0.4, 0.5) is 10.3 Å². The first-order valence-corrected chi connectivity index (χ1v) is 5.55. The van der Waals surface area contributed by atoms with Crippen molar-refractivity contribution in [1.82, 2.24) is 15.2 Å². The number of anilines is 1. The SMILES string of the molecule is O=C(Nc1nccnn1)c1cc(F)ccc1C#CCO. The van der Waals surface area contributed by atoms with Crippen LogP contribution < -0.4 is 5.32 Å². The summed E-state index contributed by atoms with van der Waals surface area (Å²) in [5.41, 5.74) is 0.320. The van der Waals surface area contributed by atoms with Crippen molar-refractivity contribution in [3.63, 3.8) is 0 Å². The Morgan fingerprint density at radius 2 is 2.25 bits per heavy atom. The van der Waals surface area contributed by atoms with Gasteiger partial charge in [-0.05, 0) is 18.2 Å². The van der Waals surface area contributed by atoms with E-state index in [1.165, 1.54) is 24.5 Å². The predicted molar refractivity (Wildman–Crippen MR) is 68.1 cm³/mol. The number of carbonyl (C=O) groups excluding carboxylic acids is 1. The second-order valence-corrected chi connectivity index (χ2v) is 3.57. The Kier molecular flexibility index (Phi) is 4.32. The lowest BCUT2D eigenvalue weighted by Gasteiger charge is -2.05.